The highest BCUT2D eigenvalue weighted by Crippen LogP contribution is 2.28. The summed E-state index contributed by atoms with van der Waals surface area (Å²) in [6.45, 7) is 7.59. The number of imidazole rings is 1. The van der Waals surface area contributed by atoms with E-state index < -0.39 is 0 Å². The second-order valence-electron chi connectivity index (χ2n) is 5.69. The monoisotopic (exact) mass is 291 g/mol. The average molecular weight is 291 g/mol. The van der Waals surface area contributed by atoms with Crippen LogP contribution in [0.2, 0.25) is 0 Å². The fourth-order valence-corrected chi connectivity index (χ4v) is 3.12. The lowest BCUT2D eigenvalue weighted by Crippen LogP contribution is -2.30. The lowest BCUT2D eigenvalue weighted by Gasteiger charge is -2.26. The van der Waals surface area contributed by atoms with Crippen LogP contribution in [0.15, 0.2) is 23.9 Å². The molecule has 3 nitrogen and oxygen atoms in total. The van der Waals surface area contributed by atoms with Crippen LogP contribution < -0.4 is 0 Å². The summed E-state index contributed by atoms with van der Waals surface area (Å²) in [6.07, 6.45) is 2.10. The van der Waals surface area contributed by atoms with Crippen molar-refractivity contribution in [3.05, 3.63) is 40.1 Å². The zero-order valence-corrected chi connectivity index (χ0v) is 12.7. The summed E-state index contributed by atoms with van der Waals surface area (Å²) in [7, 11) is 0. The van der Waals surface area contributed by atoms with Crippen LogP contribution in [-0.4, -0.2) is 20.5 Å². The first-order chi connectivity index (χ1) is 9.47. The number of aromatic nitrogens is 2. The van der Waals surface area contributed by atoms with Crippen LogP contribution in [0.25, 0.3) is 11.0 Å². The summed E-state index contributed by atoms with van der Waals surface area (Å²) in [5.41, 5.74) is 3.75. The minimum absolute atomic E-state index is 0.165. The maximum Gasteiger partial charge on any atom is 0.178 e. The van der Waals surface area contributed by atoms with Crippen molar-refractivity contribution >= 4 is 23.3 Å². The van der Waals surface area contributed by atoms with Gasteiger partial charge >= 0.3 is 0 Å². The Bertz CT molecular complexity index is 752. The van der Waals surface area contributed by atoms with Gasteiger partial charge in [-0.2, -0.15) is 0 Å². The second kappa shape index (κ2) is 4.74. The molecule has 0 saturated heterocycles. The third kappa shape index (κ3) is 2.06. The zero-order valence-electron chi connectivity index (χ0n) is 11.9. The van der Waals surface area contributed by atoms with Crippen molar-refractivity contribution < 1.29 is 4.39 Å². The summed E-state index contributed by atoms with van der Waals surface area (Å²) >= 11 is 5.38. The molecule has 20 heavy (non-hydrogen) atoms. The highest BCUT2D eigenvalue weighted by atomic mass is 32.1. The summed E-state index contributed by atoms with van der Waals surface area (Å²) in [6, 6.07) is 3.55. The van der Waals surface area contributed by atoms with E-state index in [1.165, 1.54) is 11.6 Å². The van der Waals surface area contributed by atoms with Crippen molar-refractivity contribution in [1.82, 2.24) is 14.5 Å². The van der Waals surface area contributed by atoms with Crippen LogP contribution in [0, 0.1) is 10.6 Å². The van der Waals surface area contributed by atoms with Crippen molar-refractivity contribution in [2.45, 2.75) is 39.9 Å². The molecule has 0 bridgehead atoms. The molecule has 2 heterocycles. The van der Waals surface area contributed by atoms with E-state index in [1.54, 1.807) is 6.07 Å². The van der Waals surface area contributed by atoms with Crippen molar-refractivity contribution in [2.75, 3.05) is 0 Å². The first kappa shape index (κ1) is 13.4. The fraction of sp³-hybridized carbons (Fsp3) is 0.400. The summed E-state index contributed by atoms with van der Waals surface area (Å²) in [4.78, 5) is 5.36. The van der Waals surface area contributed by atoms with E-state index in [4.69, 9.17) is 12.2 Å². The third-order valence-corrected chi connectivity index (χ3v) is 4.08. The average Bonchev–Trinajstić information content (AvgIpc) is 2.59. The number of aromatic amines is 1. The zero-order chi connectivity index (χ0) is 14.4. The van der Waals surface area contributed by atoms with Crippen LogP contribution in [-0.2, 0) is 13.1 Å². The van der Waals surface area contributed by atoms with Crippen LogP contribution in [0.1, 0.15) is 26.3 Å². The highest BCUT2D eigenvalue weighted by molar-refractivity contribution is 7.71. The molecule has 0 fully saturated rings. The largest absolute Gasteiger partial charge is 0.369 e. The number of nitrogens with one attached hydrogen (secondary N) is 1. The first-order valence-corrected chi connectivity index (χ1v) is 7.19. The third-order valence-electron chi connectivity index (χ3n) is 3.76. The van der Waals surface area contributed by atoms with E-state index in [1.807, 2.05) is 4.57 Å². The number of benzene rings is 1. The van der Waals surface area contributed by atoms with Crippen molar-refractivity contribution in [1.29, 1.82) is 0 Å². The van der Waals surface area contributed by atoms with Crippen LogP contribution in [0.4, 0.5) is 4.39 Å². The molecule has 3 rings (SSSR count). The molecule has 1 N–H and O–H groups in total. The molecule has 1 aromatic heterocycles. The van der Waals surface area contributed by atoms with Gasteiger partial charge in [-0.05, 0) is 51.3 Å². The fourth-order valence-electron chi connectivity index (χ4n) is 2.84. The summed E-state index contributed by atoms with van der Waals surface area (Å²) in [5, 5.41) is 0. The van der Waals surface area contributed by atoms with E-state index >= 15 is 0 Å². The Morgan fingerprint density at radius 3 is 2.90 bits per heavy atom. The van der Waals surface area contributed by atoms with Gasteiger partial charge in [-0.3, -0.25) is 0 Å². The lowest BCUT2D eigenvalue weighted by atomic mass is 10.1. The van der Waals surface area contributed by atoms with E-state index in [2.05, 4.69) is 36.9 Å². The Labute approximate surface area is 122 Å². The van der Waals surface area contributed by atoms with Gasteiger partial charge in [0.15, 0.2) is 4.77 Å². The van der Waals surface area contributed by atoms with E-state index in [9.17, 15) is 4.39 Å². The Kier molecular flexibility index (Phi) is 3.17. The van der Waals surface area contributed by atoms with Gasteiger partial charge in [0.2, 0.25) is 0 Å². The van der Waals surface area contributed by atoms with Gasteiger partial charge in [0.1, 0.15) is 5.82 Å². The molecular formula is C15H18FN3S. The number of nitrogens with zero attached hydrogens (tertiary/aromatic N) is 2. The van der Waals surface area contributed by atoms with E-state index in [-0.39, 0.29) is 11.9 Å². The standard InChI is InChI=1S/C15H18FN3S/c1-9(2)6-18-8-11-12(16)4-5-13-14(11)19(7-10(18)3)15(20)17-13/h4-6,10H,7-8H2,1-3H3,(H,17,20)/t10-/m0/s1. The lowest BCUT2D eigenvalue weighted by molar-refractivity contribution is 0.264. The molecule has 1 atom stereocenters. The quantitative estimate of drug-likeness (QED) is 0.804. The number of H-pyrrole nitrogens is 1. The maximum absolute atomic E-state index is 14.3. The predicted octanol–water partition coefficient (Wildman–Crippen LogP) is 3.97. The Balaban J connectivity index is 2.25. The van der Waals surface area contributed by atoms with Crippen molar-refractivity contribution in [3.63, 3.8) is 0 Å². The van der Waals surface area contributed by atoms with Gasteiger partial charge in [0, 0.05) is 24.7 Å². The van der Waals surface area contributed by atoms with E-state index in [0.29, 0.717) is 11.3 Å². The smallest absolute Gasteiger partial charge is 0.178 e. The minimum atomic E-state index is -0.165. The molecule has 2 aromatic rings. The van der Waals surface area contributed by atoms with Crippen LogP contribution >= 0.6 is 12.2 Å². The Morgan fingerprint density at radius 1 is 1.45 bits per heavy atom. The van der Waals surface area contributed by atoms with Crippen molar-refractivity contribution in [2.24, 2.45) is 0 Å². The molecule has 1 aromatic carbocycles. The van der Waals surface area contributed by atoms with Gasteiger partial charge in [-0.15, -0.1) is 0 Å². The van der Waals surface area contributed by atoms with Gasteiger partial charge < -0.3 is 14.5 Å². The number of rotatable bonds is 1. The molecule has 0 aliphatic carbocycles. The Hall–Kier alpha value is -1.62. The molecule has 0 radical (unpaired) electrons. The van der Waals surface area contributed by atoms with Crippen LogP contribution in [0.5, 0.6) is 0 Å². The van der Waals surface area contributed by atoms with Gasteiger partial charge in [0.25, 0.3) is 0 Å². The van der Waals surface area contributed by atoms with Gasteiger partial charge in [-0.25, -0.2) is 4.39 Å². The molecule has 0 spiro atoms. The molecule has 0 unspecified atom stereocenters. The molecule has 1 aliphatic heterocycles. The number of hydrogen-bond donors (Lipinski definition) is 1. The van der Waals surface area contributed by atoms with E-state index in [0.717, 1.165) is 23.1 Å². The predicted molar refractivity (Wildman–Crippen MR) is 81.5 cm³/mol. The number of allylic oxidation sites excluding steroid dienone is 1. The minimum Gasteiger partial charge on any atom is -0.369 e. The molecule has 0 saturated carbocycles. The molecule has 1 aliphatic rings. The molecular weight excluding hydrogens is 273 g/mol. The topological polar surface area (TPSA) is 24.0 Å². The summed E-state index contributed by atoms with van der Waals surface area (Å²) in [5.74, 6) is -0.165. The highest BCUT2D eigenvalue weighted by Gasteiger charge is 2.23. The second-order valence-corrected chi connectivity index (χ2v) is 6.08. The number of halogens is 1. The molecule has 0 amide bonds. The SMILES string of the molecule is CC(C)=CN1Cc2c(F)ccc3[nH]c(=S)n(c23)C[C@@H]1C. The maximum atomic E-state index is 14.3. The molecule has 5 heteroatoms. The van der Waals surface area contributed by atoms with Crippen molar-refractivity contribution in [3.8, 4) is 0 Å². The normalized spacial score (nSPS) is 18.2. The van der Waals surface area contributed by atoms with Gasteiger partial charge in [-0.1, -0.05) is 5.57 Å². The van der Waals surface area contributed by atoms with Gasteiger partial charge in [0.05, 0.1) is 11.0 Å². The van der Waals surface area contributed by atoms with Crippen LogP contribution in [0.3, 0.4) is 0 Å². The number of hydrogen-bond acceptors (Lipinski definition) is 2. The Morgan fingerprint density at radius 2 is 2.20 bits per heavy atom. The summed E-state index contributed by atoms with van der Waals surface area (Å²) < 4.78 is 16.9. The molecule has 106 valence electrons. The first-order valence-electron chi connectivity index (χ1n) is 6.78.